The van der Waals surface area contributed by atoms with Gasteiger partial charge < -0.3 is 14.3 Å². The summed E-state index contributed by atoms with van der Waals surface area (Å²) in [5.74, 6) is 3.52. The molecule has 6 nitrogen and oxygen atoms in total. The van der Waals surface area contributed by atoms with Crippen LogP contribution in [0, 0.1) is 0 Å². The average molecular weight is 435 g/mol. The van der Waals surface area contributed by atoms with Gasteiger partial charge in [0.1, 0.15) is 11.6 Å². The highest BCUT2D eigenvalue weighted by atomic mass is 32.2. The van der Waals surface area contributed by atoms with Crippen LogP contribution in [0.5, 0.6) is 0 Å². The van der Waals surface area contributed by atoms with Crippen molar-refractivity contribution in [2.24, 2.45) is 0 Å². The zero-order valence-electron chi connectivity index (χ0n) is 17.5. The number of benzene rings is 1. The van der Waals surface area contributed by atoms with Gasteiger partial charge >= 0.3 is 0 Å². The summed E-state index contributed by atoms with van der Waals surface area (Å²) in [5, 5.41) is 7.67. The molecule has 0 aliphatic rings. The van der Waals surface area contributed by atoms with E-state index >= 15 is 0 Å². The van der Waals surface area contributed by atoms with Gasteiger partial charge in [0.25, 0.3) is 0 Å². The Hall–Kier alpha value is -3.19. The number of amides is 1. The number of carbonyl (C=O) groups excluding carboxylic acids is 1. The molecule has 3 heterocycles. The summed E-state index contributed by atoms with van der Waals surface area (Å²) in [4.78, 5) is 12.3. The first-order valence-corrected chi connectivity index (χ1v) is 11.5. The molecular formula is C24H26N4O2S. The Bertz CT molecular complexity index is 1070. The fourth-order valence-corrected chi connectivity index (χ4v) is 4.36. The zero-order valence-corrected chi connectivity index (χ0v) is 18.3. The Morgan fingerprint density at radius 3 is 2.68 bits per heavy atom. The van der Waals surface area contributed by atoms with Crippen molar-refractivity contribution in [2.45, 2.75) is 31.6 Å². The summed E-state index contributed by atoms with van der Waals surface area (Å²) in [5.41, 5.74) is 2.16. The van der Waals surface area contributed by atoms with E-state index in [2.05, 4.69) is 15.0 Å². The van der Waals surface area contributed by atoms with Gasteiger partial charge in [0.05, 0.1) is 18.1 Å². The smallest absolute Gasteiger partial charge is 0.221 e. The van der Waals surface area contributed by atoms with Crippen molar-refractivity contribution >= 4 is 17.7 Å². The Labute approximate surface area is 186 Å². The van der Waals surface area contributed by atoms with Crippen LogP contribution in [-0.2, 0) is 17.0 Å². The van der Waals surface area contributed by atoms with Crippen molar-refractivity contribution in [1.29, 1.82) is 0 Å². The van der Waals surface area contributed by atoms with Crippen LogP contribution in [0.15, 0.2) is 83.9 Å². The van der Waals surface area contributed by atoms with Gasteiger partial charge in [-0.2, -0.15) is 16.9 Å². The SMILES string of the molecule is C[C@@H](Cc1ccco1)NC(=O)CCSCc1cnn(-c2ccccc2)c1-n1cccc1. The number of carbonyl (C=O) groups is 1. The van der Waals surface area contributed by atoms with Crippen LogP contribution >= 0.6 is 11.8 Å². The van der Waals surface area contributed by atoms with Gasteiger partial charge in [-0.15, -0.1) is 0 Å². The summed E-state index contributed by atoms with van der Waals surface area (Å²) in [6.45, 7) is 1.99. The monoisotopic (exact) mass is 434 g/mol. The molecule has 1 amide bonds. The summed E-state index contributed by atoms with van der Waals surface area (Å²) in [6.07, 6.45) is 8.81. The van der Waals surface area contributed by atoms with Gasteiger partial charge in [-0.3, -0.25) is 4.79 Å². The van der Waals surface area contributed by atoms with Gasteiger partial charge in [-0.1, -0.05) is 18.2 Å². The minimum atomic E-state index is 0.0492. The second-order valence-electron chi connectivity index (χ2n) is 7.39. The van der Waals surface area contributed by atoms with E-state index in [9.17, 15) is 4.79 Å². The number of nitrogens with zero attached hydrogens (tertiary/aromatic N) is 3. The number of hydrogen-bond donors (Lipinski definition) is 1. The van der Waals surface area contributed by atoms with E-state index in [1.165, 1.54) is 0 Å². The molecule has 0 fully saturated rings. The van der Waals surface area contributed by atoms with Crippen molar-refractivity contribution in [3.63, 3.8) is 0 Å². The number of hydrogen-bond acceptors (Lipinski definition) is 4. The first kappa shape index (κ1) is 21.1. The molecule has 0 radical (unpaired) electrons. The normalized spacial score (nSPS) is 12.0. The third-order valence-electron chi connectivity index (χ3n) is 4.89. The molecule has 1 N–H and O–H groups in total. The van der Waals surface area contributed by atoms with E-state index in [0.717, 1.165) is 34.3 Å². The highest BCUT2D eigenvalue weighted by Gasteiger charge is 2.14. The number of furan rings is 1. The van der Waals surface area contributed by atoms with Crippen molar-refractivity contribution in [3.8, 4) is 11.5 Å². The lowest BCUT2D eigenvalue weighted by Gasteiger charge is -2.13. The number of thioether (sulfide) groups is 1. The van der Waals surface area contributed by atoms with Gasteiger partial charge in [0.2, 0.25) is 5.91 Å². The molecule has 7 heteroatoms. The number of rotatable bonds is 10. The second-order valence-corrected chi connectivity index (χ2v) is 8.49. The fraction of sp³-hybridized carbons (Fsp3) is 0.250. The van der Waals surface area contributed by atoms with Gasteiger partial charge in [0.15, 0.2) is 0 Å². The molecular weight excluding hydrogens is 408 g/mol. The molecule has 1 atom stereocenters. The van der Waals surface area contributed by atoms with Crippen LogP contribution in [0.25, 0.3) is 11.5 Å². The average Bonchev–Trinajstić information content (AvgIpc) is 3.53. The van der Waals surface area contributed by atoms with Crippen LogP contribution in [0.4, 0.5) is 0 Å². The Balaban J connectivity index is 1.33. The van der Waals surface area contributed by atoms with Gasteiger partial charge in [-0.05, 0) is 43.3 Å². The highest BCUT2D eigenvalue weighted by molar-refractivity contribution is 7.98. The molecule has 31 heavy (non-hydrogen) atoms. The molecule has 4 aromatic rings. The zero-order chi connectivity index (χ0) is 21.5. The van der Waals surface area contributed by atoms with E-state index < -0.39 is 0 Å². The quantitative estimate of drug-likeness (QED) is 0.370. The van der Waals surface area contributed by atoms with Gasteiger partial charge in [0, 0.05) is 48.3 Å². The van der Waals surface area contributed by atoms with Crippen LogP contribution < -0.4 is 5.32 Å². The number of para-hydroxylation sites is 1. The minimum absolute atomic E-state index is 0.0492. The van der Waals surface area contributed by atoms with Crippen molar-refractivity contribution in [1.82, 2.24) is 19.7 Å². The third kappa shape index (κ3) is 5.49. The van der Waals surface area contributed by atoms with E-state index in [1.54, 1.807) is 18.0 Å². The van der Waals surface area contributed by atoms with Crippen LogP contribution in [0.1, 0.15) is 24.7 Å². The second kappa shape index (κ2) is 10.2. The van der Waals surface area contributed by atoms with Crippen molar-refractivity contribution < 1.29 is 9.21 Å². The van der Waals surface area contributed by atoms with Crippen LogP contribution in [-0.4, -0.2) is 32.0 Å². The maximum absolute atomic E-state index is 12.3. The molecule has 0 spiro atoms. The molecule has 0 aliphatic heterocycles. The predicted molar refractivity (Wildman–Crippen MR) is 124 cm³/mol. The van der Waals surface area contributed by atoms with E-state index in [1.807, 2.05) is 84.8 Å². The minimum Gasteiger partial charge on any atom is -0.469 e. The predicted octanol–water partition coefficient (Wildman–Crippen LogP) is 4.63. The molecule has 0 unspecified atom stereocenters. The van der Waals surface area contributed by atoms with E-state index in [4.69, 9.17) is 4.42 Å². The molecule has 3 aromatic heterocycles. The van der Waals surface area contributed by atoms with Crippen molar-refractivity contribution in [2.75, 3.05) is 5.75 Å². The molecule has 0 saturated heterocycles. The molecule has 0 bridgehead atoms. The lowest BCUT2D eigenvalue weighted by Crippen LogP contribution is -2.34. The molecule has 1 aromatic carbocycles. The summed E-state index contributed by atoms with van der Waals surface area (Å²) < 4.78 is 9.38. The Morgan fingerprint density at radius 1 is 1.13 bits per heavy atom. The van der Waals surface area contributed by atoms with E-state index in [0.29, 0.717) is 12.8 Å². The summed E-state index contributed by atoms with van der Waals surface area (Å²) in [7, 11) is 0. The molecule has 0 saturated carbocycles. The van der Waals surface area contributed by atoms with Gasteiger partial charge in [-0.25, -0.2) is 4.68 Å². The molecule has 0 aliphatic carbocycles. The highest BCUT2D eigenvalue weighted by Crippen LogP contribution is 2.24. The maximum Gasteiger partial charge on any atom is 0.221 e. The fourth-order valence-electron chi connectivity index (χ4n) is 3.46. The molecule has 160 valence electrons. The Morgan fingerprint density at radius 2 is 1.94 bits per heavy atom. The Kier molecular flexibility index (Phi) is 6.94. The lowest BCUT2D eigenvalue weighted by molar-refractivity contribution is -0.121. The largest absolute Gasteiger partial charge is 0.469 e. The number of nitrogens with one attached hydrogen (secondary N) is 1. The topological polar surface area (TPSA) is 65.0 Å². The van der Waals surface area contributed by atoms with Crippen molar-refractivity contribution in [3.05, 3.63) is 90.8 Å². The first-order chi connectivity index (χ1) is 15.2. The van der Waals surface area contributed by atoms with Crippen LogP contribution in [0.2, 0.25) is 0 Å². The first-order valence-electron chi connectivity index (χ1n) is 10.4. The summed E-state index contributed by atoms with van der Waals surface area (Å²) in [6, 6.07) is 18.0. The standard InChI is InChI=1S/C24H26N4O2S/c1-19(16-22-10-7-14-30-22)26-23(29)11-15-31-18-20-17-25-28(21-8-3-2-4-9-21)24(20)27-12-5-6-13-27/h2-10,12-14,17,19H,11,15-16,18H2,1H3,(H,26,29)/t19-/m0/s1. The lowest BCUT2D eigenvalue weighted by atomic mass is 10.2. The summed E-state index contributed by atoms with van der Waals surface area (Å²) >= 11 is 1.74. The number of aromatic nitrogens is 3. The maximum atomic E-state index is 12.3. The van der Waals surface area contributed by atoms with Crippen LogP contribution in [0.3, 0.4) is 0 Å². The third-order valence-corrected chi connectivity index (χ3v) is 5.90. The van der Waals surface area contributed by atoms with E-state index in [-0.39, 0.29) is 11.9 Å². The molecule has 4 rings (SSSR count).